The normalized spacial score (nSPS) is 25.6. The van der Waals surface area contributed by atoms with Crippen LogP contribution in [0.3, 0.4) is 0 Å². The number of hydrogen-bond acceptors (Lipinski definition) is 3. The van der Waals surface area contributed by atoms with Gasteiger partial charge in [0.2, 0.25) is 0 Å². The fraction of sp³-hybridized carbons (Fsp3) is 0.692. The number of nitrogens with zero attached hydrogens (tertiary/aromatic N) is 2. The maximum Gasteiger partial charge on any atom is 0.131 e. The van der Waals surface area contributed by atoms with Crippen molar-refractivity contribution in [2.75, 3.05) is 0 Å². The third-order valence-corrected chi connectivity index (χ3v) is 3.38. The zero-order chi connectivity index (χ0) is 11.4. The van der Waals surface area contributed by atoms with Gasteiger partial charge in [0.05, 0.1) is 0 Å². The van der Waals surface area contributed by atoms with E-state index in [1.54, 1.807) is 0 Å². The molecule has 0 atom stereocenters. The summed E-state index contributed by atoms with van der Waals surface area (Å²) >= 11 is 0. The molecule has 88 valence electrons. The van der Waals surface area contributed by atoms with Gasteiger partial charge < -0.3 is 5.73 Å². The maximum atomic E-state index is 5.91. The van der Waals surface area contributed by atoms with E-state index in [0.717, 1.165) is 44.3 Å². The van der Waals surface area contributed by atoms with Gasteiger partial charge in [0.1, 0.15) is 5.82 Å². The summed E-state index contributed by atoms with van der Waals surface area (Å²) < 4.78 is 0. The lowest BCUT2D eigenvalue weighted by molar-refractivity contribution is 0.384. The van der Waals surface area contributed by atoms with E-state index in [4.69, 9.17) is 5.73 Å². The van der Waals surface area contributed by atoms with Crippen LogP contribution in [0.25, 0.3) is 0 Å². The Kier molecular flexibility index (Phi) is 3.88. The molecule has 0 spiro atoms. The minimum absolute atomic E-state index is 0.398. The molecule has 16 heavy (non-hydrogen) atoms. The Bertz CT molecular complexity index is 330. The molecule has 2 rings (SSSR count). The van der Waals surface area contributed by atoms with Crippen molar-refractivity contribution in [2.24, 2.45) is 5.73 Å². The highest BCUT2D eigenvalue weighted by Gasteiger charge is 2.21. The molecule has 1 fully saturated rings. The highest BCUT2D eigenvalue weighted by molar-refractivity contribution is 5.07. The van der Waals surface area contributed by atoms with Crippen LogP contribution < -0.4 is 5.73 Å². The fourth-order valence-corrected chi connectivity index (χ4v) is 2.38. The molecule has 2 N–H and O–H groups in total. The van der Waals surface area contributed by atoms with Crippen LogP contribution in [0.5, 0.6) is 0 Å². The van der Waals surface area contributed by atoms with Gasteiger partial charge in [-0.05, 0) is 38.2 Å². The molecular weight excluding hydrogens is 198 g/mol. The minimum Gasteiger partial charge on any atom is -0.328 e. The van der Waals surface area contributed by atoms with E-state index in [2.05, 4.69) is 16.9 Å². The second-order valence-corrected chi connectivity index (χ2v) is 4.77. The molecule has 1 aromatic rings. The molecule has 0 amide bonds. The van der Waals surface area contributed by atoms with E-state index in [-0.39, 0.29) is 0 Å². The van der Waals surface area contributed by atoms with Gasteiger partial charge in [0, 0.05) is 23.9 Å². The molecule has 0 radical (unpaired) electrons. The second kappa shape index (κ2) is 5.39. The van der Waals surface area contributed by atoms with E-state index < -0.39 is 0 Å². The largest absolute Gasteiger partial charge is 0.328 e. The molecule has 0 bridgehead atoms. The third kappa shape index (κ3) is 2.79. The van der Waals surface area contributed by atoms with Crippen LogP contribution in [0.15, 0.2) is 12.3 Å². The van der Waals surface area contributed by atoms with E-state index in [1.807, 2.05) is 12.3 Å². The molecule has 0 unspecified atom stereocenters. The first-order valence-corrected chi connectivity index (χ1v) is 6.37. The van der Waals surface area contributed by atoms with Crippen LogP contribution >= 0.6 is 0 Å². The standard InChI is InChI=1S/C13H21N3/c1-2-3-12-8-9-15-13(16-12)10-4-6-11(14)7-5-10/h8-11H,2-7,14H2,1H3. The smallest absolute Gasteiger partial charge is 0.131 e. The van der Waals surface area contributed by atoms with Crippen LogP contribution in [0.1, 0.15) is 56.5 Å². The Morgan fingerprint density at radius 1 is 1.31 bits per heavy atom. The Morgan fingerprint density at radius 3 is 2.75 bits per heavy atom. The Hall–Kier alpha value is -0.960. The van der Waals surface area contributed by atoms with Gasteiger partial charge in [-0.3, -0.25) is 0 Å². The molecule has 3 nitrogen and oxygen atoms in total. The van der Waals surface area contributed by atoms with Crippen molar-refractivity contribution in [3.05, 3.63) is 23.8 Å². The number of aromatic nitrogens is 2. The maximum absolute atomic E-state index is 5.91. The van der Waals surface area contributed by atoms with E-state index in [9.17, 15) is 0 Å². The van der Waals surface area contributed by atoms with Crippen molar-refractivity contribution in [1.82, 2.24) is 9.97 Å². The predicted molar refractivity (Wildman–Crippen MR) is 65.2 cm³/mol. The Balaban J connectivity index is 2.05. The van der Waals surface area contributed by atoms with Crippen LogP contribution in [-0.4, -0.2) is 16.0 Å². The lowest BCUT2D eigenvalue weighted by Gasteiger charge is -2.24. The first-order chi connectivity index (χ1) is 7.79. The molecular formula is C13H21N3. The molecule has 3 heteroatoms. The lowest BCUT2D eigenvalue weighted by Crippen LogP contribution is -2.26. The molecule has 1 heterocycles. The van der Waals surface area contributed by atoms with Crippen LogP contribution in [0.4, 0.5) is 0 Å². The van der Waals surface area contributed by atoms with Crippen LogP contribution in [0, 0.1) is 0 Å². The van der Waals surface area contributed by atoms with Crippen molar-refractivity contribution in [2.45, 2.75) is 57.4 Å². The van der Waals surface area contributed by atoms with Gasteiger partial charge in [-0.1, -0.05) is 13.3 Å². The zero-order valence-electron chi connectivity index (χ0n) is 10.0. The van der Waals surface area contributed by atoms with Gasteiger partial charge in [0.25, 0.3) is 0 Å². The van der Waals surface area contributed by atoms with Gasteiger partial charge in [-0.15, -0.1) is 0 Å². The average molecular weight is 219 g/mol. The Morgan fingerprint density at radius 2 is 2.06 bits per heavy atom. The first kappa shape index (κ1) is 11.5. The van der Waals surface area contributed by atoms with E-state index in [1.165, 1.54) is 5.69 Å². The van der Waals surface area contributed by atoms with Crippen molar-refractivity contribution in [3.63, 3.8) is 0 Å². The highest BCUT2D eigenvalue weighted by atomic mass is 14.9. The van der Waals surface area contributed by atoms with Crippen LogP contribution in [0.2, 0.25) is 0 Å². The summed E-state index contributed by atoms with van der Waals surface area (Å²) in [5.41, 5.74) is 7.09. The summed E-state index contributed by atoms with van der Waals surface area (Å²) in [4.78, 5) is 9.08. The van der Waals surface area contributed by atoms with Crippen molar-refractivity contribution in [1.29, 1.82) is 0 Å². The quantitative estimate of drug-likeness (QED) is 0.849. The van der Waals surface area contributed by atoms with Gasteiger partial charge >= 0.3 is 0 Å². The highest BCUT2D eigenvalue weighted by Crippen LogP contribution is 2.30. The molecule has 1 aliphatic carbocycles. The van der Waals surface area contributed by atoms with Crippen molar-refractivity contribution >= 4 is 0 Å². The summed E-state index contributed by atoms with van der Waals surface area (Å²) in [5, 5.41) is 0. The molecule has 0 aromatic carbocycles. The lowest BCUT2D eigenvalue weighted by atomic mass is 9.86. The summed E-state index contributed by atoms with van der Waals surface area (Å²) in [5.74, 6) is 1.58. The molecule has 1 aromatic heterocycles. The minimum atomic E-state index is 0.398. The topological polar surface area (TPSA) is 51.8 Å². The van der Waals surface area contributed by atoms with Gasteiger partial charge in [0.15, 0.2) is 0 Å². The van der Waals surface area contributed by atoms with E-state index in [0.29, 0.717) is 12.0 Å². The zero-order valence-corrected chi connectivity index (χ0v) is 10.0. The molecule has 0 saturated heterocycles. The number of aryl methyl sites for hydroxylation is 1. The molecule has 1 saturated carbocycles. The summed E-state index contributed by atoms with van der Waals surface area (Å²) in [6.07, 6.45) is 8.64. The van der Waals surface area contributed by atoms with Gasteiger partial charge in [-0.25, -0.2) is 9.97 Å². The number of rotatable bonds is 3. The SMILES string of the molecule is CCCc1ccnc(C2CCC(N)CC2)n1. The monoisotopic (exact) mass is 219 g/mol. The molecule has 1 aliphatic rings. The predicted octanol–water partition coefficient (Wildman–Crippen LogP) is 2.41. The van der Waals surface area contributed by atoms with Crippen molar-refractivity contribution in [3.8, 4) is 0 Å². The fourth-order valence-electron chi connectivity index (χ4n) is 2.38. The summed E-state index contributed by atoms with van der Waals surface area (Å²) in [6, 6.07) is 2.43. The first-order valence-electron chi connectivity index (χ1n) is 6.37. The third-order valence-electron chi connectivity index (χ3n) is 3.38. The van der Waals surface area contributed by atoms with Crippen molar-refractivity contribution < 1.29 is 0 Å². The summed E-state index contributed by atoms with van der Waals surface area (Å²) in [6.45, 7) is 2.18. The number of hydrogen-bond donors (Lipinski definition) is 1. The summed E-state index contributed by atoms with van der Waals surface area (Å²) in [7, 11) is 0. The second-order valence-electron chi connectivity index (χ2n) is 4.77. The Labute approximate surface area is 97.5 Å². The number of nitrogens with two attached hydrogens (primary N) is 1. The van der Waals surface area contributed by atoms with Crippen LogP contribution in [-0.2, 0) is 6.42 Å². The van der Waals surface area contributed by atoms with Gasteiger partial charge in [-0.2, -0.15) is 0 Å². The molecule has 0 aliphatic heterocycles. The van der Waals surface area contributed by atoms with E-state index >= 15 is 0 Å². The average Bonchev–Trinajstić information content (AvgIpc) is 2.31.